The molecule has 0 fully saturated rings. The number of halogens is 1. The molecule has 3 amide bonds. The van der Waals surface area contributed by atoms with Crippen molar-refractivity contribution in [3.05, 3.63) is 28.8 Å². The quantitative estimate of drug-likeness (QED) is 0.777. The average molecular weight is 287 g/mol. The number of urea groups is 1. The first kappa shape index (κ1) is 15.3. The Kier molecular flexibility index (Phi) is 5.14. The summed E-state index contributed by atoms with van der Waals surface area (Å²) in [5.74, 6) is -0.388. The fourth-order valence-electron chi connectivity index (χ4n) is 1.34. The minimum Gasteiger partial charge on any atom is -0.479 e. The Morgan fingerprint density at radius 3 is 2.53 bits per heavy atom. The van der Waals surface area contributed by atoms with E-state index in [1.165, 1.54) is 6.92 Å². The van der Waals surface area contributed by atoms with E-state index in [9.17, 15) is 14.7 Å². The number of nitrogens with one attached hydrogen (secondary N) is 1. The zero-order valence-corrected chi connectivity index (χ0v) is 11.3. The van der Waals surface area contributed by atoms with Crippen LogP contribution in [0.3, 0.4) is 0 Å². The third kappa shape index (κ3) is 4.42. The predicted octanol–water partition coefficient (Wildman–Crippen LogP) is 1.36. The third-order valence-corrected chi connectivity index (χ3v) is 2.65. The number of carbonyl (C=O) groups is 2. The van der Waals surface area contributed by atoms with Gasteiger partial charge in [-0.05, 0) is 31.5 Å². The van der Waals surface area contributed by atoms with Crippen LogP contribution in [0.1, 0.15) is 25.5 Å². The molecule has 1 rings (SSSR count). The summed E-state index contributed by atoms with van der Waals surface area (Å²) in [5.41, 5.74) is 5.46. The molecule has 0 heterocycles. The Morgan fingerprint density at radius 2 is 2.05 bits per heavy atom. The summed E-state index contributed by atoms with van der Waals surface area (Å²) in [5, 5.41) is 11.6. The smallest absolute Gasteiger partial charge is 0.318 e. The van der Waals surface area contributed by atoms with Crippen LogP contribution in [-0.4, -0.2) is 23.1 Å². The van der Waals surface area contributed by atoms with Crippen molar-refractivity contribution in [1.82, 2.24) is 5.32 Å². The number of hydrogen-bond acceptors (Lipinski definition) is 4. The summed E-state index contributed by atoms with van der Waals surface area (Å²) in [4.78, 5) is 22.0. The monoisotopic (exact) mass is 286 g/mol. The molecule has 0 aliphatic heterocycles. The van der Waals surface area contributed by atoms with Crippen LogP contribution < -0.4 is 15.8 Å². The van der Waals surface area contributed by atoms with Crippen LogP contribution in [0, 0.1) is 0 Å². The summed E-state index contributed by atoms with van der Waals surface area (Å²) < 4.78 is 5.31. The second-order valence-electron chi connectivity index (χ2n) is 3.98. The van der Waals surface area contributed by atoms with Gasteiger partial charge in [0.05, 0.1) is 11.1 Å². The molecule has 4 N–H and O–H groups in total. The Labute approximate surface area is 115 Å². The number of benzene rings is 1. The first-order valence-corrected chi connectivity index (χ1v) is 5.93. The molecule has 104 valence electrons. The van der Waals surface area contributed by atoms with Crippen LogP contribution in [-0.2, 0) is 4.79 Å². The predicted molar refractivity (Wildman–Crippen MR) is 69.9 cm³/mol. The maximum absolute atomic E-state index is 11.4. The number of aliphatic hydroxyl groups excluding tert-OH is 1. The molecule has 0 bridgehead atoms. The van der Waals surface area contributed by atoms with E-state index in [0.717, 1.165) is 0 Å². The fourth-order valence-corrected chi connectivity index (χ4v) is 1.57. The number of carbonyl (C=O) groups excluding carboxylic acids is 2. The molecule has 6 nitrogen and oxygen atoms in total. The standard InChI is InChI=1S/C12H15ClN2O4/c1-6(16)8-3-4-10(9(13)5-8)19-7(2)11(17)15-12(14)18/h3-7,16H,1-2H3,(H3,14,15,17,18)/t6-,7?/m0/s1. The fraction of sp³-hybridized carbons (Fsp3) is 0.333. The molecule has 0 aliphatic rings. The zero-order valence-electron chi connectivity index (χ0n) is 10.5. The van der Waals surface area contributed by atoms with Crippen LogP contribution in [0.2, 0.25) is 5.02 Å². The largest absolute Gasteiger partial charge is 0.479 e. The Bertz CT molecular complexity index is 491. The first-order valence-electron chi connectivity index (χ1n) is 5.55. The van der Waals surface area contributed by atoms with E-state index in [0.29, 0.717) is 5.56 Å². The minimum atomic E-state index is -0.948. The van der Waals surface area contributed by atoms with Gasteiger partial charge in [-0.2, -0.15) is 0 Å². The second kappa shape index (κ2) is 6.40. The molecule has 1 unspecified atom stereocenters. The molecule has 0 aliphatic carbocycles. The summed E-state index contributed by atoms with van der Waals surface area (Å²) in [6.07, 6.45) is -1.58. The van der Waals surface area contributed by atoms with Crippen molar-refractivity contribution >= 4 is 23.5 Å². The number of aliphatic hydroxyl groups is 1. The molecular formula is C12H15ClN2O4. The summed E-state index contributed by atoms with van der Waals surface area (Å²) in [6, 6.07) is 3.76. The SMILES string of the molecule is CC(Oc1ccc([C@H](C)O)cc1Cl)C(=O)NC(N)=O. The number of ether oxygens (including phenoxy) is 1. The lowest BCUT2D eigenvalue weighted by atomic mass is 10.1. The number of primary amides is 1. The molecule has 2 atom stereocenters. The van der Waals surface area contributed by atoms with E-state index in [1.807, 2.05) is 5.32 Å². The number of amides is 3. The van der Waals surface area contributed by atoms with Crippen molar-refractivity contribution in [1.29, 1.82) is 0 Å². The highest BCUT2D eigenvalue weighted by Gasteiger charge is 2.17. The van der Waals surface area contributed by atoms with Gasteiger partial charge < -0.3 is 15.6 Å². The summed E-state index contributed by atoms with van der Waals surface area (Å²) in [6.45, 7) is 3.06. The summed E-state index contributed by atoms with van der Waals surface area (Å²) in [7, 11) is 0. The molecule has 0 aromatic heterocycles. The Morgan fingerprint density at radius 1 is 1.42 bits per heavy atom. The topological polar surface area (TPSA) is 102 Å². The van der Waals surface area contributed by atoms with E-state index in [-0.39, 0.29) is 10.8 Å². The van der Waals surface area contributed by atoms with Gasteiger partial charge in [0.1, 0.15) is 5.75 Å². The maximum atomic E-state index is 11.4. The lowest BCUT2D eigenvalue weighted by molar-refractivity contribution is -0.126. The first-order chi connectivity index (χ1) is 8.81. The molecular weight excluding hydrogens is 272 g/mol. The van der Waals surface area contributed by atoms with Gasteiger partial charge in [-0.1, -0.05) is 17.7 Å². The molecule has 7 heteroatoms. The number of hydrogen-bond donors (Lipinski definition) is 3. The van der Waals surface area contributed by atoms with Crippen molar-refractivity contribution in [3.63, 3.8) is 0 Å². The highest BCUT2D eigenvalue weighted by Crippen LogP contribution is 2.28. The second-order valence-corrected chi connectivity index (χ2v) is 4.39. The van der Waals surface area contributed by atoms with Crippen molar-refractivity contribution in [3.8, 4) is 5.75 Å². The van der Waals surface area contributed by atoms with E-state index in [1.54, 1.807) is 25.1 Å². The summed E-state index contributed by atoms with van der Waals surface area (Å²) >= 11 is 5.97. The zero-order chi connectivity index (χ0) is 14.6. The van der Waals surface area contributed by atoms with Crippen LogP contribution in [0.5, 0.6) is 5.75 Å². The lowest BCUT2D eigenvalue weighted by Gasteiger charge is -2.15. The van der Waals surface area contributed by atoms with E-state index < -0.39 is 24.1 Å². The molecule has 0 spiro atoms. The van der Waals surface area contributed by atoms with Gasteiger partial charge in [-0.3, -0.25) is 10.1 Å². The van der Waals surface area contributed by atoms with E-state index >= 15 is 0 Å². The Balaban J connectivity index is 2.77. The normalized spacial score (nSPS) is 13.5. The van der Waals surface area contributed by atoms with Crippen molar-refractivity contribution < 1.29 is 19.4 Å². The average Bonchev–Trinajstić information content (AvgIpc) is 2.30. The molecule has 0 saturated carbocycles. The Hall–Kier alpha value is -1.79. The van der Waals surface area contributed by atoms with Gasteiger partial charge in [0.2, 0.25) is 0 Å². The minimum absolute atomic E-state index is 0.261. The van der Waals surface area contributed by atoms with Crippen molar-refractivity contribution in [2.24, 2.45) is 5.73 Å². The van der Waals surface area contributed by atoms with Crippen LogP contribution >= 0.6 is 11.6 Å². The van der Waals surface area contributed by atoms with Gasteiger partial charge >= 0.3 is 6.03 Å². The molecule has 1 aromatic carbocycles. The van der Waals surface area contributed by atoms with Gasteiger partial charge in [0.15, 0.2) is 6.10 Å². The van der Waals surface area contributed by atoms with Crippen LogP contribution in [0.4, 0.5) is 4.79 Å². The van der Waals surface area contributed by atoms with Crippen molar-refractivity contribution in [2.75, 3.05) is 0 Å². The van der Waals surface area contributed by atoms with Gasteiger partial charge in [0.25, 0.3) is 5.91 Å². The molecule has 19 heavy (non-hydrogen) atoms. The lowest BCUT2D eigenvalue weighted by Crippen LogP contribution is -2.42. The number of imide groups is 1. The van der Waals surface area contributed by atoms with Gasteiger partial charge in [-0.25, -0.2) is 4.79 Å². The third-order valence-electron chi connectivity index (χ3n) is 2.36. The van der Waals surface area contributed by atoms with Crippen LogP contribution in [0.25, 0.3) is 0 Å². The van der Waals surface area contributed by atoms with Crippen molar-refractivity contribution in [2.45, 2.75) is 26.1 Å². The molecule has 0 saturated heterocycles. The highest BCUT2D eigenvalue weighted by molar-refractivity contribution is 6.32. The number of nitrogens with two attached hydrogens (primary N) is 1. The van der Waals surface area contributed by atoms with Gasteiger partial charge in [-0.15, -0.1) is 0 Å². The highest BCUT2D eigenvalue weighted by atomic mass is 35.5. The maximum Gasteiger partial charge on any atom is 0.318 e. The number of rotatable bonds is 4. The van der Waals surface area contributed by atoms with E-state index in [4.69, 9.17) is 22.1 Å². The molecule has 0 radical (unpaired) electrons. The molecule has 1 aromatic rings. The van der Waals surface area contributed by atoms with Gasteiger partial charge in [0, 0.05) is 0 Å². The van der Waals surface area contributed by atoms with E-state index in [2.05, 4.69) is 0 Å². The van der Waals surface area contributed by atoms with Crippen LogP contribution in [0.15, 0.2) is 18.2 Å².